The molecule has 0 spiro atoms. The summed E-state index contributed by atoms with van der Waals surface area (Å²) < 4.78 is 41.5. The largest absolute Gasteiger partial charge is 0.363 e. The molecular formula is C25H16ClF3N4O3. The molecule has 0 saturated heterocycles. The maximum atomic E-state index is 15.1. The third-order valence-corrected chi connectivity index (χ3v) is 6.79. The first kappa shape index (κ1) is 22.6. The number of hydrogen-bond donors (Lipinski definition) is 3. The monoisotopic (exact) mass is 512 g/mol. The number of rotatable bonds is 4. The number of nitrogens with one attached hydrogen (secondary N) is 2. The minimum Gasteiger partial charge on any atom is -0.363 e. The van der Waals surface area contributed by atoms with Crippen molar-refractivity contribution < 1.29 is 27.9 Å². The van der Waals surface area contributed by atoms with E-state index >= 15 is 4.39 Å². The molecule has 4 aromatic rings. The number of alkyl halides is 2. The number of imidazole rings is 1. The molecule has 2 heterocycles. The number of benzene rings is 3. The molecule has 7 nitrogen and oxygen atoms in total. The second-order valence-corrected chi connectivity index (χ2v) is 9.16. The van der Waals surface area contributed by atoms with Crippen molar-refractivity contribution in [2.45, 2.75) is 18.1 Å². The van der Waals surface area contributed by atoms with E-state index in [1.165, 1.54) is 42.5 Å². The number of halogens is 4. The van der Waals surface area contributed by atoms with Gasteiger partial charge in [-0.2, -0.15) is 0 Å². The summed E-state index contributed by atoms with van der Waals surface area (Å²) >= 11 is 5.97. The number of fused-ring (bicyclic) bond motifs is 2. The van der Waals surface area contributed by atoms with Gasteiger partial charge < -0.3 is 10.1 Å². The van der Waals surface area contributed by atoms with Crippen molar-refractivity contribution in [3.8, 4) is 0 Å². The molecule has 2 aliphatic rings. The summed E-state index contributed by atoms with van der Waals surface area (Å²) in [6.45, 7) is 0. The molecule has 1 aromatic heterocycles. The number of hydrogen-bond acceptors (Lipinski definition) is 4. The number of amides is 2. The van der Waals surface area contributed by atoms with Gasteiger partial charge in [-0.15, -0.1) is 0 Å². The first-order valence-electron chi connectivity index (χ1n) is 10.9. The molecule has 2 atom stereocenters. The van der Waals surface area contributed by atoms with Crippen LogP contribution in [0.25, 0.3) is 11.0 Å². The summed E-state index contributed by atoms with van der Waals surface area (Å²) in [5.74, 6) is -6.81. The summed E-state index contributed by atoms with van der Waals surface area (Å²) in [6.07, 6.45) is -0.514. The minimum absolute atomic E-state index is 0.0394. The molecule has 1 aliphatic heterocycles. The van der Waals surface area contributed by atoms with Crippen molar-refractivity contribution in [1.29, 1.82) is 0 Å². The second kappa shape index (κ2) is 7.55. The van der Waals surface area contributed by atoms with E-state index in [1.807, 2.05) is 0 Å². The quantitative estimate of drug-likeness (QED) is 0.366. The normalized spacial score (nSPS) is 22.1. The summed E-state index contributed by atoms with van der Waals surface area (Å²) in [4.78, 5) is 33.4. The molecular weight excluding hydrogens is 497 g/mol. The van der Waals surface area contributed by atoms with Gasteiger partial charge in [-0.3, -0.25) is 19.8 Å². The van der Waals surface area contributed by atoms with Crippen LogP contribution in [0.4, 0.5) is 24.8 Å². The third kappa shape index (κ3) is 3.21. The number of aromatic nitrogens is 2. The van der Waals surface area contributed by atoms with E-state index in [0.717, 1.165) is 4.90 Å². The van der Waals surface area contributed by atoms with Gasteiger partial charge in [-0.25, -0.2) is 18.2 Å². The van der Waals surface area contributed by atoms with E-state index in [-0.39, 0.29) is 33.3 Å². The fourth-order valence-corrected chi connectivity index (χ4v) is 4.75. The van der Waals surface area contributed by atoms with Crippen LogP contribution in [0.1, 0.15) is 27.9 Å². The number of anilines is 2. The molecule has 0 bridgehead atoms. The van der Waals surface area contributed by atoms with Crippen molar-refractivity contribution in [3.05, 3.63) is 88.2 Å². The molecule has 6 rings (SSSR count). The standard InChI is InChI=1S/C25H16ClF3N4O3/c26-16-6-3-7-19(20(16)27)33-22(35)13-4-1-2-5-14(13)25(33,36)12-8-9-17-18(10-12)31-23(30-17)32-21(34)15-11-24(15,28)29/h1-10,15,36H,11H2,(H2,30,31,32,34). The summed E-state index contributed by atoms with van der Waals surface area (Å²) in [5.41, 5.74) is -0.990. The minimum atomic E-state index is -3.02. The molecule has 0 radical (unpaired) electrons. The van der Waals surface area contributed by atoms with Crippen LogP contribution in [0, 0.1) is 11.7 Å². The van der Waals surface area contributed by atoms with Crippen molar-refractivity contribution >= 4 is 46.1 Å². The predicted octanol–water partition coefficient (Wildman–Crippen LogP) is 4.80. The van der Waals surface area contributed by atoms with Gasteiger partial charge in [0.2, 0.25) is 11.9 Å². The van der Waals surface area contributed by atoms with Crippen LogP contribution in [0.3, 0.4) is 0 Å². The lowest BCUT2D eigenvalue weighted by molar-refractivity contribution is -0.119. The average Bonchev–Trinajstić information content (AvgIpc) is 3.21. The van der Waals surface area contributed by atoms with Crippen LogP contribution >= 0.6 is 11.6 Å². The van der Waals surface area contributed by atoms with Crippen LogP contribution in [0.5, 0.6) is 0 Å². The zero-order valence-electron chi connectivity index (χ0n) is 18.2. The van der Waals surface area contributed by atoms with Crippen LogP contribution < -0.4 is 10.2 Å². The van der Waals surface area contributed by atoms with Crippen LogP contribution in [0.2, 0.25) is 5.02 Å². The van der Waals surface area contributed by atoms with E-state index < -0.39 is 41.6 Å². The molecule has 2 amide bonds. The van der Waals surface area contributed by atoms with Gasteiger partial charge in [-0.1, -0.05) is 41.9 Å². The lowest BCUT2D eigenvalue weighted by Gasteiger charge is -2.35. The topological polar surface area (TPSA) is 98.3 Å². The molecule has 3 aromatic carbocycles. The smallest absolute Gasteiger partial charge is 0.261 e. The summed E-state index contributed by atoms with van der Waals surface area (Å²) in [5, 5.41) is 14.2. The SMILES string of the molecule is O=C(Nc1nc2ccc(C3(O)c4ccccc4C(=O)N3c3cccc(Cl)c3F)cc2[nH]1)C1CC1(F)F. The Morgan fingerprint density at radius 3 is 2.67 bits per heavy atom. The number of carbonyl (C=O) groups excluding carboxylic acids is 2. The Balaban J connectivity index is 1.45. The first-order chi connectivity index (χ1) is 17.1. The Bertz CT molecular complexity index is 1590. The van der Waals surface area contributed by atoms with Gasteiger partial charge in [-0.05, 0) is 30.3 Å². The van der Waals surface area contributed by atoms with Gasteiger partial charge in [0, 0.05) is 23.1 Å². The van der Waals surface area contributed by atoms with Crippen molar-refractivity contribution in [3.63, 3.8) is 0 Å². The van der Waals surface area contributed by atoms with Gasteiger partial charge in [0.1, 0.15) is 5.92 Å². The van der Waals surface area contributed by atoms with Gasteiger partial charge in [0.05, 0.1) is 21.7 Å². The Kier molecular flexibility index (Phi) is 4.73. The maximum absolute atomic E-state index is 15.1. The highest BCUT2D eigenvalue weighted by molar-refractivity contribution is 6.31. The zero-order chi connectivity index (χ0) is 25.4. The predicted molar refractivity (Wildman–Crippen MR) is 125 cm³/mol. The Hall–Kier alpha value is -3.89. The molecule has 1 aliphatic carbocycles. The number of aromatic amines is 1. The lowest BCUT2D eigenvalue weighted by atomic mass is 9.93. The fraction of sp³-hybridized carbons (Fsp3) is 0.160. The van der Waals surface area contributed by atoms with E-state index in [0.29, 0.717) is 11.0 Å². The highest BCUT2D eigenvalue weighted by Crippen LogP contribution is 2.49. The van der Waals surface area contributed by atoms with Gasteiger partial charge in [0.25, 0.3) is 11.8 Å². The van der Waals surface area contributed by atoms with Crippen molar-refractivity contribution in [2.24, 2.45) is 5.92 Å². The van der Waals surface area contributed by atoms with E-state index in [2.05, 4.69) is 15.3 Å². The van der Waals surface area contributed by atoms with E-state index in [9.17, 15) is 23.5 Å². The first-order valence-corrected chi connectivity index (χ1v) is 11.3. The molecule has 3 N–H and O–H groups in total. The van der Waals surface area contributed by atoms with Gasteiger partial charge in [0.15, 0.2) is 11.5 Å². The maximum Gasteiger partial charge on any atom is 0.261 e. The number of nitrogens with zero attached hydrogens (tertiary/aromatic N) is 2. The second-order valence-electron chi connectivity index (χ2n) is 8.76. The molecule has 182 valence electrons. The number of carbonyl (C=O) groups is 2. The Labute approximate surface area is 206 Å². The summed E-state index contributed by atoms with van der Waals surface area (Å²) in [7, 11) is 0. The van der Waals surface area contributed by atoms with Crippen molar-refractivity contribution in [1.82, 2.24) is 9.97 Å². The van der Waals surface area contributed by atoms with Crippen LogP contribution in [-0.4, -0.2) is 32.8 Å². The number of H-pyrrole nitrogens is 1. The summed E-state index contributed by atoms with van der Waals surface area (Å²) in [6, 6.07) is 15.0. The van der Waals surface area contributed by atoms with Gasteiger partial charge >= 0.3 is 0 Å². The molecule has 36 heavy (non-hydrogen) atoms. The molecule has 1 fully saturated rings. The number of aliphatic hydroxyl groups is 1. The lowest BCUT2D eigenvalue weighted by Crippen LogP contribution is -2.45. The Morgan fingerprint density at radius 1 is 1.17 bits per heavy atom. The highest BCUT2D eigenvalue weighted by Gasteiger charge is 2.61. The molecule has 11 heteroatoms. The molecule has 2 unspecified atom stereocenters. The zero-order valence-corrected chi connectivity index (χ0v) is 19.0. The Morgan fingerprint density at radius 2 is 1.92 bits per heavy atom. The molecule has 1 saturated carbocycles. The van der Waals surface area contributed by atoms with E-state index in [4.69, 9.17) is 11.6 Å². The van der Waals surface area contributed by atoms with E-state index in [1.54, 1.807) is 18.2 Å². The average molecular weight is 513 g/mol. The van der Waals surface area contributed by atoms with Crippen LogP contribution in [0.15, 0.2) is 60.7 Å². The van der Waals surface area contributed by atoms with Crippen molar-refractivity contribution in [2.75, 3.05) is 10.2 Å². The van der Waals surface area contributed by atoms with Crippen LogP contribution in [-0.2, 0) is 10.5 Å². The highest BCUT2D eigenvalue weighted by atomic mass is 35.5. The fourth-order valence-electron chi connectivity index (χ4n) is 4.58. The third-order valence-electron chi connectivity index (χ3n) is 6.50.